The number of nitrogens with one attached hydrogen (secondary N) is 1. The van der Waals surface area contributed by atoms with Crippen molar-refractivity contribution >= 4 is 28.1 Å². The predicted molar refractivity (Wildman–Crippen MR) is 90.1 cm³/mol. The molecule has 1 amide bonds. The lowest BCUT2D eigenvalue weighted by Gasteiger charge is -2.10. The summed E-state index contributed by atoms with van der Waals surface area (Å²) in [7, 11) is 0. The maximum atomic E-state index is 12.3. The third-order valence-corrected chi connectivity index (χ3v) is 5.25. The van der Waals surface area contributed by atoms with E-state index in [4.69, 9.17) is 0 Å². The quantitative estimate of drug-likeness (QED) is 0.786. The first kappa shape index (κ1) is 13.6. The molecule has 1 aliphatic carbocycles. The summed E-state index contributed by atoms with van der Waals surface area (Å²) in [5, 5.41) is 6.39. The number of hydrogen-bond acceptors (Lipinski definition) is 2. The number of thiophene rings is 1. The molecule has 112 valence electrons. The van der Waals surface area contributed by atoms with Crippen molar-refractivity contribution in [2.24, 2.45) is 0 Å². The predicted octanol–water partition coefficient (Wildman–Crippen LogP) is 3.51. The van der Waals surface area contributed by atoms with Crippen LogP contribution in [0.25, 0.3) is 10.9 Å². The summed E-state index contributed by atoms with van der Waals surface area (Å²) in [6.45, 7) is 1.04. The summed E-state index contributed by atoms with van der Waals surface area (Å²) in [5.41, 5.74) is 3.99. The lowest BCUT2D eigenvalue weighted by molar-refractivity contribution is -0.121. The number of carbonyl (C=O) groups is 1. The summed E-state index contributed by atoms with van der Waals surface area (Å²) in [5.74, 6) is 0.0869. The lowest BCUT2D eigenvalue weighted by atomic mass is 10.1. The van der Waals surface area contributed by atoms with Gasteiger partial charge in [0, 0.05) is 21.5 Å². The minimum Gasteiger partial charge on any atom is -0.350 e. The van der Waals surface area contributed by atoms with Crippen LogP contribution in [0.15, 0.2) is 41.8 Å². The second-order valence-electron chi connectivity index (χ2n) is 5.74. The van der Waals surface area contributed by atoms with Gasteiger partial charge >= 0.3 is 0 Å². The minimum absolute atomic E-state index is 0.0869. The van der Waals surface area contributed by atoms with Gasteiger partial charge in [-0.25, -0.2) is 0 Å². The number of nitrogens with zero attached hydrogens (tertiary/aromatic N) is 1. The van der Waals surface area contributed by atoms with Crippen LogP contribution in [0.4, 0.5) is 0 Å². The zero-order chi connectivity index (χ0) is 14.9. The molecule has 3 nitrogen and oxygen atoms in total. The van der Waals surface area contributed by atoms with Crippen molar-refractivity contribution in [3.8, 4) is 0 Å². The topological polar surface area (TPSA) is 34.0 Å². The van der Waals surface area contributed by atoms with Crippen LogP contribution < -0.4 is 5.32 Å². The first-order valence-electron chi connectivity index (χ1n) is 7.71. The fourth-order valence-corrected chi connectivity index (χ4v) is 4.05. The van der Waals surface area contributed by atoms with Crippen LogP contribution in [0.2, 0.25) is 0 Å². The van der Waals surface area contributed by atoms with Crippen LogP contribution in [0.1, 0.15) is 22.6 Å². The van der Waals surface area contributed by atoms with E-state index in [2.05, 4.69) is 34.1 Å². The molecule has 2 aromatic heterocycles. The van der Waals surface area contributed by atoms with Crippen molar-refractivity contribution in [2.45, 2.75) is 32.4 Å². The molecule has 0 saturated carbocycles. The third-order valence-electron chi connectivity index (χ3n) is 4.38. The van der Waals surface area contributed by atoms with Gasteiger partial charge in [0.15, 0.2) is 0 Å². The Morgan fingerprint density at radius 3 is 2.95 bits per heavy atom. The van der Waals surface area contributed by atoms with E-state index in [1.54, 1.807) is 11.3 Å². The molecule has 0 aliphatic heterocycles. The lowest BCUT2D eigenvalue weighted by Crippen LogP contribution is -2.27. The number of benzene rings is 1. The van der Waals surface area contributed by atoms with Crippen LogP contribution in [0.5, 0.6) is 0 Å². The van der Waals surface area contributed by atoms with Crippen molar-refractivity contribution in [3.63, 3.8) is 0 Å². The number of carbonyl (C=O) groups excluding carboxylic acids is 1. The monoisotopic (exact) mass is 310 g/mol. The van der Waals surface area contributed by atoms with E-state index in [0.717, 1.165) is 12.8 Å². The summed E-state index contributed by atoms with van der Waals surface area (Å²) in [6.07, 6.45) is 3.42. The first-order chi connectivity index (χ1) is 10.8. The number of aryl methyl sites for hydroxylation is 1. The SMILES string of the molecule is O=C(Cn1c2c(c3ccccc31)CCC2)NCc1cccs1. The number of amides is 1. The normalized spacial score (nSPS) is 13.5. The molecule has 1 N–H and O–H groups in total. The molecule has 3 aromatic rings. The van der Waals surface area contributed by atoms with Crippen LogP contribution in [-0.2, 0) is 30.7 Å². The van der Waals surface area contributed by atoms with Gasteiger partial charge in [-0.1, -0.05) is 24.3 Å². The van der Waals surface area contributed by atoms with Crippen LogP contribution in [0.3, 0.4) is 0 Å². The highest BCUT2D eigenvalue weighted by Gasteiger charge is 2.22. The largest absolute Gasteiger partial charge is 0.350 e. The van der Waals surface area contributed by atoms with E-state index in [-0.39, 0.29) is 5.91 Å². The van der Waals surface area contributed by atoms with Gasteiger partial charge in [0.05, 0.1) is 6.54 Å². The number of hydrogen-bond donors (Lipinski definition) is 1. The molecule has 1 aromatic carbocycles. The van der Waals surface area contributed by atoms with Crippen molar-refractivity contribution < 1.29 is 4.79 Å². The maximum Gasteiger partial charge on any atom is 0.240 e. The van der Waals surface area contributed by atoms with E-state index in [1.807, 2.05) is 17.5 Å². The highest BCUT2D eigenvalue weighted by atomic mass is 32.1. The molecule has 0 unspecified atom stereocenters. The van der Waals surface area contributed by atoms with E-state index in [0.29, 0.717) is 13.1 Å². The van der Waals surface area contributed by atoms with E-state index < -0.39 is 0 Å². The number of para-hydroxylation sites is 1. The summed E-state index contributed by atoms with van der Waals surface area (Å²) < 4.78 is 2.21. The van der Waals surface area contributed by atoms with Gasteiger partial charge in [0.2, 0.25) is 5.91 Å². The average molecular weight is 310 g/mol. The Bertz CT molecular complexity index is 817. The molecule has 0 saturated heterocycles. The van der Waals surface area contributed by atoms with Crippen LogP contribution in [-0.4, -0.2) is 10.5 Å². The fourth-order valence-electron chi connectivity index (χ4n) is 3.40. The molecular weight excluding hydrogens is 292 g/mol. The van der Waals surface area contributed by atoms with Crippen molar-refractivity contribution in [2.75, 3.05) is 0 Å². The zero-order valence-corrected chi connectivity index (χ0v) is 13.2. The molecule has 22 heavy (non-hydrogen) atoms. The van der Waals surface area contributed by atoms with Gasteiger partial charge < -0.3 is 9.88 Å². The number of aromatic nitrogens is 1. The molecule has 0 radical (unpaired) electrons. The van der Waals surface area contributed by atoms with Crippen molar-refractivity contribution in [1.29, 1.82) is 0 Å². The molecule has 0 spiro atoms. The summed E-state index contributed by atoms with van der Waals surface area (Å²) in [6, 6.07) is 12.5. The highest BCUT2D eigenvalue weighted by molar-refractivity contribution is 7.09. The molecule has 0 bridgehead atoms. The van der Waals surface area contributed by atoms with Gasteiger partial charge in [0.25, 0.3) is 0 Å². The molecule has 1 aliphatic rings. The number of fused-ring (bicyclic) bond motifs is 3. The Morgan fingerprint density at radius 1 is 1.18 bits per heavy atom. The molecule has 0 fully saturated rings. The Hall–Kier alpha value is -2.07. The summed E-state index contributed by atoms with van der Waals surface area (Å²) >= 11 is 1.67. The Kier molecular flexibility index (Phi) is 3.47. The fraction of sp³-hybridized carbons (Fsp3) is 0.278. The third kappa shape index (κ3) is 2.33. The Balaban J connectivity index is 1.57. The van der Waals surface area contributed by atoms with E-state index >= 15 is 0 Å². The van der Waals surface area contributed by atoms with Crippen molar-refractivity contribution in [3.05, 3.63) is 57.9 Å². The Morgan fingerprint density at radius 2 is 2.09 bits per heavy atom. The average Bonchev–Trinajstić information content (AvgIpc) is 3.24. The zero-order valence-electron chi connectivity index (χ0n) is 12.3. The molecule has 4 rings (SSSR count). The van der Waals surface area contributed by atoms with E-state index in [9.17, 15) is 4.79 Å². The highest BCUT2D eigenvalue weighted by Crippen LogP contribution is 2.32. The number of rotatable bonds is 4. The van der Waals surface area contributed by atoms with Gasteiger partial charge in [-0.2, -0.15) is 0 Å². The van der Waals surface area contributed by atoms with E-state index in [1.165, 1.54) is 33.5 Å². The van der Waals surface area contributed by atoms with Crippen molar-refractivity contribution in [1.82, 2.24) is 9.88 Å². The van der Waals surface area contributed by atoms with Gasteiger partial charge in [-0.3, -0.25) is 4.79 Å². The second kappa shape index (κ2) is 5.61. The smallest absolute Gasteiger partial charge is 0.240 e. The molecule has 4 heteroatoms. The summed E-state index contributed by atoms with van der Waals surface area (Å²) in [4.78, 5) is 13.5. The maximum absolute atomic E-state index is 12.3. The first-order valence-corrected chi connectivity index (χ1v) is 8.59. The standard InChI is InChI=1S/C18H18N2OS/c21-18(19-11-13-5-4-10-22-13)12-20-16-8-2-1-6-14(16)15-7-3-9-17(15)20/h1-2,4-6,8,10H,3,7,9,11-12H2,(H,19,21). The van der Waals surface area contributed by atoms with Gasteiger partial charge in [0.1, 0.15) is 6.54 Å². The Labute approximate surface area is 133 Å². The second-order valence-corrected chi connectivity index (χ2v) is 6.77. The van der Waals surface area contributed by atoms with Crippen LogP contribution >= 0.6 is 11.3 Å². The van der Waals surface area contributed by atoms with Crippen LogP contribution in [0, 0.1) is 0 Å². The molecule has 2 heterocycles. The van der Waals surface area contributed by atoms with Gasteiger partial charge in [-0.15, -0.1) is 11.3 Å². The molecule has 0 atom stereocenters. The molecular formula is C18H18N2OS. The minimum atomic E-state index is 0.0869. The van der Waals surface area contributed by atoms with Gasteiger partial charge in [-0.05, 0) is 42.3 Å².